The van der Waals surface area contributed by atoms with Gasteiger partial charge >= 0.3 is 7.82 Å². The molecule has 3 unspecified atom stereocenters. The van der Waals surface area contributed by atoms with Gasteiger partial charge in [0.1, 0.15) is 13.2 Å². The van der Waals surface area contributed by atoms with Crippen LogP contribution in [0.5, 0.6) is 0 Å². The number of allylic oxidation sites excluding steroid dienone is 6. The predicted molar refractivity (Wildman–Crippen MR) is 208 cm³/mol. The highest BCUT2D eigenvalue weighted by Crippen LogP contribution is 2.43. The van der Waals surface area contributed by atoms with Gasteiger partial charge in [-0.2, -0.15) is 0 Å². The number of phosphoric ester groups is 1. The zero-order valence-corrected chi connectivity index (χ0v) is 33.3. The van der Waals surface area contributed by atoms with Crippen LogP contribution in [0.1, 0.15) is 162 Å². The lowest BCUT2D eigenvalue weighted by molar-refractivity contribution is -0.870. The number of rotatable bonds is 35. The number of nitrogens with one attached hydrogen (secondary N) is 1. The lowest BCUT2D eigenvalue weighted by Crippen LogP contribution is -2.46. The smallest absolute Gasteiger partial charge is 0.391 e. The average Bonchev–Trinajstić information content (AvgIpc) is 3.04. The number of hydrogen-bond acceptors (Lipinski definition) is 5. The van der Waals surface area contributed by atoms with Crippen LogP contribution >= 0.6 is 7.82 Å². The van der Waals surface area contributed by atoms with Crippen molar-refractivity contribution in [2.75, 3.05) is 40.9 Å². The number of likely N-dealkylation sites (N-methyl/N-ethyl adjacent to an activating group) is 1. The van der Waals surface area contributed by atoms with E-state index < -0.39 is 20.0 Å². The number of carbonyl (C=O) groups is 1. The van der Waals surface area contributed by atoms with E-state index in [4.69, 9.17) is 9.05 Å². The highest BCUT2D eigenvalue weighted by molar-refractivity contribution is 7.47. The molecule has 0 rings (SSSR count). The molecule has 0 fully saturated rings. The fourth-order valence-electron chi connectivity index (χ4n) is 5.40. The molecule has 0 radical (unpaired) electrons. The molecule has 0 spiro atoms. The minimum atomic E-state index is -4.31. The molecular weight excluding hydrogens is 635 g/mol. The van der Waals surface area contributed by atoms with Gasteiger partial charge in [0.15, 0.2) is 0 Å². The van der Waals surface area contributed by atoms with Crippen LogP contribution in [-0.4, -0.2) is 73.4 Å². The molecule has 0 heterocycles. The predicted octanol–water partition coefficient (Wildman–Crippen LogP) is 10.4. The minimum absolute atomic E-state index is 0.0704. The van der Waals surface area contributed by atoms with Crippen molar-refractivity contribution in [3.05, 3.63) is 36.5 Å². The van der Waals surface area contributed by atoms with Gasteiger partial charge in [0.05, 0.1) is 39.9 Å². The Morgan fingerprint density at radius 2 is 1.16 bits per heavy atom. The van der Waals surface area contributed by atoms with Gasteiger partial charge < -0.3 is 19.8 Å². The summed E-state index contributed by atoms with van der Waals surface area (Å²) in [6, 6.07) is -0.764. The summed E-state index contributed by atoms with van der Waals surface area (Å²) in [5.41, 5.74) is 0. The Kier molecular flexibility index (Phi) is 31.8. The third kappa shape index (κ3) is 34.9. The Labute approximate surface area is 302 Å². The Morgan fingerprint density at radius 1 is 0.694 bits per heavy atom. The van der Waals surface area contributed by atoms with Gasteiger partial charge in [0, 0.05) is 6.42 Å². The van der Waals surface area contributed by atoms with Gasteiger partial charge in [0.25, 0.3) is 0 Å². The van der Waals surface area contributed by atoms with E-state index >= 15 is 0 Å². The van der Waals surface area contributed by atoms with Gasteiger partial charge in [-0.3, -0.25) is 13.8 Å². The lowest BCUT2D eigenvalue weighted by atomic mass is 10.0. The summed E-state index contributed by atoms with van der Waals surface area (Å²) in [6.45, 7) is 4.79. The van der Waals surface area contributed by atoms with Crippen LogP contribution in [0.2, 0.25) is 0 Å². The molecule has 0 bridgehead atoms. The zero-order chi connectivity index (χ0) is 36.5. The Hall–Kier alpha value is -1.28. The van der Waals surface area contributed by atoms with Crippen LogP contribution in [-0.2, 0) is 18.4 Å². The Bertz CT molecular complexity index is 902. The largest absolute Gasteiger partial charge is 0.472 e. The molecular formula is C40H78N2O6P+. The second-order valence-electron chi connectivity index (χ2n) is 14.7. The van der Waals surface area contributed by atoms with Crippen molar-refractivity contribution >= 4 is 13.7 Å². The van der Waals surface area contributed by atoms with Crippen molar-refractivity contribution in [2.24, 2.45) is 0 Å². The average molecular weight is 714 g/mol. The van der Waals surface area contributed by atoms with Gasteiger partial charge in [-0.25, -0.2) is 4.57 Å². The summed E-state index contributed by atoms with van der Waals surface area (Å²) in [6.07, 6.45) is 37.4. The fourth-order valence-corrected chi connectivity index (χ4v) is 6.14. The highest BCUT2D eigenvalue weighted by atomic mass is 31.2. The summed E-state index contributed by atoms with van der Waals surface area (Å²) >= 11 is 0. The summed E-state index contributed by atoms with van der Waals surface area (Å²) in [4.78, 5) is 23.0. The van der Waals surface area contributed by atoms with Gasteiger partial charge in [-0.1, -0.05) is 140 Å². The van der Waals surface area contributed by atoms with E-state index in [1.54, 1.807) is 0 Å². The van der Waals surface area contributed by atoms with E-state index in [0.29, 0.717) is 23.9 Å². The molecule has 0 saturated heterocycles. The van der Waals surface area contributed by atoms with Crippen molar-refractivity contribution in [1.29, 1.82) is 0 Å². The fraction of sp³-hybridized carbons (Fsp3) is 0.825. The van der Waals surface area contributed by atoms with Crippen molar-refractivity contribution in [3.63, 3.8) is 0 Å². The summed E-state index contributed by atoms with van der Waals surface area (Å²) < 4.78 is 23.5. The molecule has 1 amide bonds. The lowest BCUT2D eigenvalue weighted by Gasteiger charge is -2.26. The highest BCUT2D eigenvalue weighted by Gasteiger charge is 2.28. The molecule has 49 heavy (non-hydrogen) atoms. The van der Waals surface area contributed by atoms with Gasteiger partial charge in [0.2, 0.25) is 5.91 Å². The number of nitrogens with zero attached hydrogens (tertiary/aromatic N) is 1. The second kappa shape index (κ2) is 32.6. The van der Waals surface area contributed by atoms with Gasteiger partial charge in [-0.05, 0) is 51.4 Å². The zero-order valence-electron chi connectivity index (χ0n) is 32.4. The molecule has 288 valence electrons. The van der Waals surface area contributed by atoms with Crippen LogP contribution in [0.15, 0.2) is 36.5 Å². The summed E-state index contributed by atoms with van der Waals surface area (Å²) in [5.74, 6) is -0.163. The first kappa shape index (κ1) is 47.7. The monoisotopic (exact) mass is 714 g/mol. The maximum atomic E-state index is 12.8. The summed E-state index contributed by atoms with van der Waals surface area (Å²) in [5, 5.41) is 13.8. The SMILES string of the molecule is CCCCC/C=C\C/C=C\C/C=C\CCCCCCCCC(=O)NC(COP(=O)(O)OCC[N+](C)(C)C)C(O)CCCCCCCCCC. The number of quaternary nitrogens is 1. The molecule has 0 aliphatic heterocycles. The molecule has 0 aromatic carbocycles. The second-order valence-corrected chi connectivity index (χ2v) is 16.1. The van der Waals surface area contributed by atoms with Crippen LogP contribution in [0.4, 0.5) is 0 Å². The van der Waals surface area contributed by atoms with Crippen molar-refractivity contribution < 1.29 is 32.9 Å². The van der Waals surface area contributed by atoms with Crippen molar-refractivity contribution in [1.82, 2.24) is 5.32 Å². The third-order valence-electron chi connectivity index (χ3n) is 8.64. The molecule has 0 aromatic rings. The number of carbonyl (C=O) groups excluding carboxylic acids is 1. The minimum Gasteiger partial charge on any atom is -0.391 e. The first-order chi connectivity index (χ1) is 23.5. The van der Waals surface area contributed by atoms with Crippen LogP contribution < -0.4 is 5.32 Å². The number of phosphoric acid groups is 1. The molecule has 8 nitrogen and oxygen atoms in total. The number of hydrogen-bond donors (Lipinski definition) is 3. The Morgan fingerprint density at radius 3 is 1.73 bits per heavy atom. The van der Waals surface area contributed by atoms with E-state index in [1.807, 2.05) is 21.1 Å². The molecule has 0 aromatic heterocycles. The van der Waals surface area contributed by atoms with E-state index in [0.717, 1.165) is 64.2 Å². The maximum absolute atomic E-state index is 12.8. The summed E-state index contributed by atoms with van der Waals surface area (Å²) in [7, 11) is 1.60. The third-order valence-corrected chi connectivity index (χ3v) is 9.63. The molecule has 0 saturated carbocycles. The van der Waals surface area contributed by atoms with Crippen LogP contribution in [0, 0.1) is 0 Å². The van der Waals surface area contributed by atoms with Crippen molar-refractivity contribution in [3.8, 4) is 0 Å². The van der Waals surface area contributed by atoms with Crippen molar-refractivity contribution in [2.45, 2.75) is 174 Å². The topological polar surface area (TPSA) is 105 Å². The standard InChI is InChI=1S/C40H77N2O6P/c1-6-8-10-12-14-16-17-18-19-20-21-22-23-24-25-26-28-30-32-34-40(44)41-38(37-48-49(45,46)47-36-35-42(3,4)5)39(43)33-31-29-27-15-13-11-9-7-2/h14,16,18-19,21-22,38-39,43H,6-13,15,17,20,23-37H2,1-5H3,(H-,41,44,45,46)/p+1/b16-14-,19-18-,22-21-. The van der Waals surface area contributed by atoms with E-state index in [9.17, 15) is 19.4 Å². The van der Waals surface area contributed by atoms with E-state index in [1.165, 1.54) is 70.6 Å². The number of unbranched alkanes of at least 4 members (excludes halogenated alkanes) is 16. The number of aliphatic hydroxyl groups excluding tert-OH is 1. The normalized spacial score (nSPS) is 15.0. The molecule has 0 aliphatic rings. The first-order valence-corrected chi connectivity index (χ1v) is 21.3. The molecule has 0 aliphatic carbocycles. The van der Waals surface area contributed by atoms with Gasteiger partial charge in [-0.15, -0.1) is 0 Å². The quantitative estimate of drug-likeness (QED) is 0.0261. The maximum Gasteiger partial charge on any atom is 0.472 e. The van der Waals surface area contributed by atoms with Crippen LogP contribution in [0.25, 0.3) is 0 Å². The molecule has 3 N–H and O–H groups in total. The van der Waals surface area contributed by atoms with E-state index in [2.05, 4.69) is 55.6 Å². The van der Waals surface area contributed by atoms with Crippen LogP contribution in [0.3, 0.4) is 0 Å². The number of amides is 1. The molecule has 9 heteroatoms. The molecule has 3 atom stereocenters. The first-order valence-electron chi connectivity index (χ1n) is 19.9. The number of aliphatic hydroxyl groups is 1. The Balaban J connectivity index is 4.36. The van der Waals surface area contributed by atoms with E-state index in [-0.39, 0.29) is 19.1 Å².